The van der Waals surface area contributed by atoms with E-state index in [1.54, 1.807) is 0 Å². The van der Waals surface area contributed by atoms with Crippen molar-refractivity contribution in [2.45, 2.75) is 40.0 Å². The van der Waals surface area contributed by atoms with Gasteiger partial charge in [-0.1, -0.05) is 12.1 Å². The maximum absolute atomic E-state index is 5.62. The molecule has 4 heteroatoms. The summed E-state index contributed by atoms with van der Waals surface area (Å²) in [7, 11) is 0. The highest BCUT2D eigenvalue weighted by atomic mass is 16.5. The molecule has 2 aromatic rings. The van der Waals surface area contributed by atoms with Gasteiger partial charge in [-0.2, -0.15) is 5.10 Å². The topological polar surface area (TPSA) is 39.1 Å². The molecule has 1 aromatic heterocycles. The van der Waals surface area contributed by atoms with Crippen molar-refractivity contribution in [3.63, 3.8) is 0 Å². The summed E-state index contributed by atoms with van der Waals surface area (Å²) in [5.41, 5.74) is 2.27. The highest BCUT2D eigenvalue weighted by Gasteiger charge is 2.00. The first-order valence-electron chi connectivity index (χ1n) is 6.69. The van der Waals surface area contributed by atoms with Crippen LogP contribution in [0.2, 0.25) is 0 Å². The van der Waals surface area contributed by atoms with Crippen LogP contribution < -0.4 is 10.1 Å². The third-order valence-electron chi connectivity index (χ3n) is 2.75. The molecule has 102 valence electrons. The van der Waals surface area contributed by atoms with E-state index in [-0.39, 0.29) is 6.10 Å². The number of benzene rings is 1. The highest BCUT2D eigenvalue weighted by Crippen LogP contribution is 2.15. The van der Waals surface area contributed by atoms with Gasteiger partial charge >= 0.3 is 0 Å². The molecule has 0 atom stereocenters. The Morgan fingerprint density at radius 2 is 2.00 bits per heavy atom. The fourth-order valence-corrected chi connectivity index (χ4v) is 1.79. The van der Waals surface area contributed by atoms with Crippen LogP contribution in [0.15, 0.2) is 36.7 Å². The van der Waals surface area contributed by atoms with Gasteiger partial charge in [-0.05, 0) is 38.5 Å². The molecular formula is C15H21N3O. The Morgan fingerprint density at radius 3 is 2.58 bits per heavy atom. The summed E-state index contributed by atoms with van der Waals surface area (Å²) in [5, 5.41) is 7.58. The van der Waals surface area contributed by atoms with Crippen molar-refractivity contribution in [3.05, 3.63) is 42.2 Å². The Hall–Kier alpha value is -1.97. The molecule has 0 saturated heterocycles. The molecule has 4 nitrogen and oxygen atoms in total. The Labute approximate surface area is 114 Å². The van der Waals surface area contributed by atoms with Crippen molar-refractivity contribution in [2.24, 2.45) is 0 Å². The highest BCUT2D eigenvalue weighted by molar-refractivity contribution is 5.39. The molecule has 0 aliphatic heterocycles. The SMILES string of the molecule is CCn1cc(NCc2ccc(OC(C)C)cc2)cn1. The molecular weight excluding hydrogens is 238 g/mol. The molecule has 0 saturated carbocycles. The zero-order chi connectivity index (χ0) is 13.7. The molecule has 0 aliphatic carbocycles. The smallest absolute Gasteiger partial charge is 0.119 e. The van der Waals surface area contributed by atoms with Gasteiger partial charge in [0.05, 0.1) is 18.0 Å². The molecule has 0 amide bonds. The zero-order valence-electron chi connectivity index (χ0n) is 11.8. The van der Waals surface area contributed by atoms with Gasteiger partial charge in [0.2, 0.25) is 0 Å². The molecule has 0 fully saturated rings. The van der Waals surface area contributed by atoms with E-state index in [0.29, 0.717) is 0 Å². The van der Waals surface area contributed by atoms with Crippen LogP contribution in [0.3, 0.4) is 0 Å². The van der Waals surface area contributed by atoms with E-state index in [0.717, 1.165) is 24.5 Å². The second-order valence-electron chi connectivity index (χ2n) is 4.75. The Bertz CT molecular complexity index is 502. The Morgan fingerprint density at radius 1 is 1.26 bits per heavy atom. The summed E-state index contributed by atoms with van der Waals surface area (Å²) in [6.07, 6.45) is 4.07. The maximum atomic E-state index is 5.62. The number of nitrogens with zero attached hydrogens (tertiary/aromatic N) is 2. The van der Waals surface area contributed by atoms with Crippen LogP contribution in [0.5, 0.6) is 5.75 Å². The quantitative estimate of drug-likeness (QED) is 0.865. The Balaban J connectivity index is 1.89. The van der Waals surface area contributed by atoms with Gasteiger partial charge < -0.3 is 10.1 Å². The molecule has 0 unspecified atom stereocenters. The fraction of sp³-hybridized carbons (Fsp3) is 0.400. The van der Waals surface area contributed by atoms with E-state index in [1.807, 2.05) is 43.1 Å². The normalized spacial score (nSPS) is 10.7. The van der Waals surface area contributed by atoms with Crippen LogP contribution in [-0.4, -0.2) is 15.9 Å². The van der Waals surface area contributed by atoms with Crippen molar-refractivity contribution in [1.29, 1.82) is 0 Å². The number of aromatic nitrogens is 2. The number of aryl methyl sites for hydroxylation is 1. The first-order chi connectivity index (χ1) is 9.17. The second kappa shape index (κ2) is 6.27. The largest absolute Gasteiger partial charge is 0.491 e. The average Bonchev–Trinajstić information content (AvgIpc) is 2.85. The monoisotopic (exact) mass is 259 g/mol. The molecule has 1 aromatic carbocycles. The third-order valence-corrected chi connectivity index (χ3v) is 2.75. The summed E-state index contributed by atoms with van der Waals surface area (Å²) in [6, 6.07) is 8.17. The minimum absolute atomic E-state index is 0.212. The van der Waals surface area contributed by atoms with Crippen molar-refractivity contribution >= 4 is 5.69 Å². The third kappa shape index (κ3) is 4.02. The van der Waals surface area contributed by atoms with Gasteiger partial charge in [-0.3, -0.25) is 4.68 Å². The van der Waals surface area contributed by atoms with Crippen molar-refractivity contribution in [1.82, 2.24) is 9.78 Å². The molecule has 19 heavy (non-hydrogen) atoms. The van der Waals surface area contributed by atoms with Gasteiger partial charge in [0, 0.05) is 19.3 Å². The molecule has 0 spiro atoms. The summed E-state index contributed by atoms with van der Waals surface area (Å²) >= 11 is 0. The maximum Gasteiger partial charge on any atom is 0.119 e. The van der Waals surface area contributed by atoms with Crippen LogP contribution in [0.4, 0.5) is 5.69 Å². The van der Waals surface area contributed by atoms with E-state index in [4.69, 9.17) is 4.74 Å². The molecule has 0 bridgehead atoms. The van der Waals surface area contributed by atoms with Crippen LogP contribution >= 0.6 is 0 Å². The number of hydrogen-bond donors (Lipinski definition) is 1. The number of nitrogens with one attached hydrogen (secondary N) is 1. The Kier molecular flexibility index (Phi) is 4.44. The lowest BCUT2D eigenvalue weighted by Gasteiger charge is -2.10. The van der Waals surface area contributed by atoms with Gasteiger partial charge in [-0.25, -0.2) is 0 Å². The van der Waals surface area contributed by atoms with E-state index < -0.39 is 0 Å². The van der Waals surface area contributed by atoms with E-state index in [9.17, 15) is 0 Å². The minimum Gasteiger partial charge on any atom is -0.491 e. The number of anilines is 1. The van der Waals surface area contributed by atoms with Gasteiger partial charge in [0.15, 0.2) is 0 Å². The first kappa shape index (κ1) is 13.5. The molecule has 1 N–H and O–H groups in total. The van der Waals surface area contributed by atoms with Crippen molar-refractivity contribution < 1.29 is 4.74 Å². The van der Waals surface area contributed by atoms with E-state index >= 15 is 0 Å². The molecule has 2 rings (SSSR count). The number of ether oxygens (including phenoxy) is 1. The molecule has 0 radical (unpaired) electrons. The standard InChI is InChI=1S/C15H21N3O/c1-4-18-11-14(10-17-18)16-9-13-5-7-15(8-6-13)19-12(2)3/h5-8,10-12,16H,4,9H2,1-3H3. The van der Waals surface area contributed by atoms with Crippen LogP contribution in [0, 0.1) is 0 Å². The molecule has 1 heterocycles. The average molecular weight is 259 g/mol. The lowest BCUT2D eigenvalue weighted by molar-refractivity contribution is 0.242. The summed E-state index contributed by atoms with van der Waals surface area (Å²) in [4.78, 5) is 0. The second-order valence-corrected chi connectivity index (χ2v) is 4.75. The van der Waals surface area contributed by atoms with Gasteiger partial charge in [-0.15, -0.1) is 0 Å². The summed E-state index contributed by atoms with van der Waals surface area (Å²) < 4.78 is 7.52. The van der Waals surface area contributed by atoms with Crippen LogP contribution in [0.25, 0.3) is 0 Å². The predicted molar refractivity (Wildman–Crippen MR) is 77.4 cm³/mol. The van der Waals surface area contributed by atoms with Crippen molar-refractivity contribution in [2.75, 3.05) is 5.32 Å². The van der Waals surface area contributed by atoms with Crippen LogP contribution in [-0.2, 0) is 13.1 Å². The van der Waals surface area contributed by atoms with E-state index in [1.165, 1.54) is 5.56 Å². The fourth-order valence-electron chi connectivity index (χ4n) is 1.79. The molecule has 0 aliphatic rings. The minimum atomic E-state index is 0.212. The van der Waals surface area contributed by atoms with E-state index in [2.05, 4.69) is 29.5 Å². The summed E-state index contributed by atoms with van der Waals surface area (Å²) in [5.74, 6) is 0.914. The number of hydrogen-bond acceptors (Lipinski definition) is 3. The first-order valence-corrected chi connectivity index (χ1v) is 6.69. The zero-order valence-corrected chi connectivity index (χ0v) is 11.8. The number of rotatable bonds is 6. The predicted octanol–water partition coefficient (Wildman–Crippen LogP) is 3.30. The lowest BCUT2D eigenvalue weighted by atomic mass is 10.2. The van der Waals surface area contributed by atoms with Gasteiger partial charge in [0.1, 0.15) is 5.75 Å². The lowest BCUT2D eigenvalue weighted by Crippen LogP contribution is -2.05. The van der Waals surface area contributed by atoms with Gasteiger partial charge in [0.25, 0.3) is 0 Å². The summed E-state index contributed by atoms with van der Waals surface area (Å²) in [6.45, 7) is 7.81. The van der Waals surface area contributed by atoms with Crippen LogP contribution in [0.1, 0.15) is 26.3 Å². The van der Waals surface area contributed by atoms with Crippen molar-refractivity contribution in [3.8, 4) is 5.75 Å².